The van der Waals surface area contributed by atoms with Gasteiger partial charge in [0, 0.05) is 15.1 Å². The maximum Gasteiger partial charge on any atom is 0.198 e. The van der Waals surface area contributed by atoms with E-state index in [9.17, 15) is 0 Å². The molecule has 3 nitrogen and oxygen atoms in total. The third-order valence-electron chi connectivity index (χ3n) is 2.67. The molecule has 0 fully saturated rings. The molecule has 2 rings (SSSR count). The minimum Gasteiger partial charge on any atom is -0.369 e. The van der Waals surface area contributed by atoms with E-state index in [0.717, 1.165) is 21.4 Å². The molecule has 2 aromatic carbocycles. The monoisotopic (exact) mass is 399 g/mol. The van der Waals surface area contributed by atoms with Gasteiger partial charge >= 0.3 is 0 Å². The lowest BCUT2D eigenvalue weighted by molar-refractivity contribution is 1.15. The topological polar surface area (TPSA) is 50.4 Å². The molecule has 0 aliphatic heterocycles. The third kappa shape index (κ3) is 4.68. The number of benzene rings is 2. The molecule has 0 bridgehead atoms. The average Bonchev–Trinajstić information content (AvgIpc) is 2.41. The van der Waals surface area contributed by atoms with E-state index >= 15 is 0 Å². The van der Waals surface area contributed by atoms with Crippen molar-refractivity contribution in [2.24, 2.45) is 10.7 Å². The number of guanidine groups is 1. The van der Waals surface area contributed by atoms with E-state index in [1.807, 2.05) is 48.5 Å². The molecule has 0 aromatic heterocycles. The summed E-state index contributed by atoms with van der Waals surface area (Å²) >= 11 is 7.96. The van der Waals surface area contributed by atoms with Crippen molar-refractivity contribution < 1.29 is 0 Å². The number of aryl methyl sites for hydroxylation is 1. The fourth-order valence-electron chi connectivity index (χ4n) is 1.73. The van der Waals surface area contributed by atoms with Gasteiger partial charge in [0.15, 0.2) is 5.96 Å². The molecule has 0 heterocycles. The second kappa shape index (κ2) is 7.50. The van der Waals surface area contributed by atoms with E-state index in [4.69, 9.17) is 17.3 Å². The first-order valence-corrected chi connectivity index (χ1v) is 7.80. The number of aliphatic imine (C=N–C) groups is 1. The van der Waals surface area contributed by atoms with Crippen LogP contribution >= 0.6 is 34.2 Å². The van der Waals surface area contributed by atoms with Crippen LogP contribution in [0.4, 0.5) is 11.4 Å². The van der Waals surface area contributed by atoms with Crippen LogP contribution < -0.4 is 11.1 Å². The quantitative estimate of drug-likeness (QED) is 0.351. The van der Waals surface area contributed by atoms with E-state index in [0.29, 0.717) is 11.8 Å². The lowest BCUT2D eigenvalue weighted by Gasteiger charge is -2.06. The Kier molecular flexibility index (Phi) is 5.67. The van der Waals surface area contributed by atoms with Crippen molar-refractivity contribution in [3.8, 4) is 0 Å². The van der Waals surface area contributed by atoms with Crippen LogP contribution in [0.1, 0.15) is 5.56 Å². The van der Waals surface area contributed by atoms with Gasteiger partial charge in [0.05, 0.1) is 5.69 Å². The maximum atomic E-state index is 5.90. The van der Waals surface area contributed by atoms with Gasteiger partial charge in [0.2, 0.25) is 0 Å². The van der Waals surface area contributed by atoms with Crippen molar-refractivity contribution in [2.45, 2.75) is 6.42 Å². The second-order valence-electron chi connectivity index (χ2n) is 4.24. The molecular weight excluding hydrogens is 385 g/mol. The summed E-state index contributed by atoms with van der Waals surface area (Å²) in [5, 5.41) is 3.07. The number of alkyl halides is 1. The molecule has 0 aliphatic rings. The summed E-state index contributed by atoms with van der Waals surface area (Å²) < 4.78 is 1.14. The van der Waals surface area contributed by atoms with Gasteiger partial charge < -0.3 is 11.1 Å². The lowest BCUT2D eigenvalue weighted by atomic mass is 10.1. The normalized spacial score (nSPS) is 11.4. The van der Waals surface area contributed by atoms with Crippen LogP contribution in [0.2, 0.25) is 0 Å². The Morgan fingerprint density at radius 3 is 2.60 bits per heavy atom. The van der Waals surface area contributed by atoms with Crippen molar-refractivity contribution in [3.05, 3.63) is 57.7 Å². The fourth-order valence-corrected chi connectivity index (χ4v) is 2.49. The molecule has 0 unspecified atom stereocenters. The average molecular weight is 400 g/mol. The van der Waals surface area contributed by atoms with E-state index in [1.165, 1.54) is 5.56 Å². The molecule has 5 heteroatoms. The van der Waals surface area contributed by atoms with E-state index in [2.05, 4.69) is 32.9 Å². The summed E-state index contributed by atoms with van der Waals surface area (Å²) in [4.78, 5) is 4.33. The van der Waals surface area contributed by atoms with E-state index < -0.39 is 0 Å². The second-order valence-corrected chi connectivity index (χ2v) is 5.86. The Labute approximate surface area is 137 Å². The van der Waals surface area contributed by atoms with Crippen molar-refractivity contribution in [3.63, 3.8) is 0 Å². The Morgan fingerprint density at radius 2 is 1.95 bits per heavy atom. The van der Waals surface area contributed by atoms with Crippen LogP contribution in [0.5, 0.6) is 0 Å². The number of nitrogens with two attached hydrogens (primary N) is 1. The first-order chi connectivity index (χ1) is 9.67. The van der Waals surface area contributed by atoms with Crippen LogP contribution in [-0.2, 0) is 6.42 Å². The lowest BCUT2D eigenvalue weighted by Crippen LogP contribution is -2.21. The number of hydrogen-bond donors (Lipinski definition) is 2. The number of rotatable bonds is 4. The molecule has 0 saturated heterocycles. The third-order valence-corrected chi connectivity index (χ3v) is 3.53. The Morgan fingerprint density at radius 1 is 1.20 bits per heavy atom. The fraction of sp³-hybridized carbons (Fsp3) is 0.133. The van der Waals surface area contributed by atoms with Gasteiger partial charge in [0.25, 0.3) is 0 Å². The van der Waals surface area contributed by atoms with Crippen LogP contribution in [0, 0.1) is 3.57 Å². The summed E-state index contributed by atoms with van der Waals surface area (Å²) in [5.74, 6) is 0.996. The molecular formula is C15H15ClIN3. The molecule has 0 atom stereocenters. The van der Waals surface area contributed by atoms with Crippen LogP contribution in [0.15, 0.2) is 53.5 Å². The summed E-state index contributed by atoms with van der Waals surface area (Å²) in [6.45, 7) is 0. The zero-order valence-corrected chi connectivity index (χ0v) is 13.7. The van der Waals surface area contributed by atoms with Crippen molar-refractivity contribution in [1.29, 1.82) is 0 Å². The molecule has 0 spiro atoms. The van der Waals surface area contributed by atoms with Gasteiger partial charge in [-0.1, -0.05) is 18.2 Å². The first kappa shape index (κ1) is 15.1. The molecule has 104 valence electrons. The van der Waals surface area contributed by atoms with Gasteiger partial charge in [-0.15, -0.1) is 11.6 Å². The van der Waals surface area contributed by atoms with E-state index in [-0.39, 0.29) is 0 Å². The van der Waals surface area contributed by atoms with Gasteiger partial charge in [0.1, 0.15) is 0 Å². The van der Waals surface area contributed by atoms with Crippen LogP contribution in [-0.4, -0.2) is 11.8 Å². The van der Waals surface area contributed by atoms with Gasteiger partial charge in [-0.2, -0.15) is 0 Å². The van der Waals surface area contributed by atoms with Crippen LogP contribution in [0.25, 0.3) is 0 Å². The Hall–Kier alpha value is -1.27. The molecule has 0 saturated carbocycles. The maximum absolute atomic E-state index is 5.90. The standard InChI is InChI=1S/C15H15ClIN3/c16-9-8-11-4-6-13(7-5-11)19-15(18)20-14-3-1-2-12(17)10-14/h1-7,10H,8-9H2,(H3,18,19,20). The Balaban J connectivity index is 2.06. The summed E-state index contributed by atoms with van der Waals surface area (Å²) in [7, 11) is 0. The highest BCUT2D eigenvalue weighted by molar-refractivity contribution is 14.1. The first-order valence-electron chi connectivity index (χ1n) is 6.19. The minimum atomic E-state index is 0.372. The number of nitrogens with zero attached hydrogens (tertiary/aromatic N) is 1. The van der Waals surface area contributed by atoms with Gasteiger partial charge in [-0.05, 0) is 64.9 Å². The number of halogens is 2. The van der Waals surface area contributed by atoms with E-state index in [1.54, 1.807) is 0 Å². The molecule has 0 radical (unpaired) electrons. The zero-order chi connectivity index (χ0) is 14.4. The summed E-state index contributed by atoms with van der Waals surface area (Å²) in [6, 6.07) is 15.9. The Bertz CT molecular complexity index is 596. The highest BCUT2D eigenvalue weighted by Crippen LogP contribution is 2.15. The number of hydrogen-bond acceptors (Lipinski definition) is 1. The molecule has 20 heavy (non-hydrogen) atoms. The molecule has 2 aromatic rings. The predicted molar refractivity (Wildman–Crippen MR) is 94.9 cm³/mol. The minimum absolute atomic E-state index is 0.372. The van der Waals surface area contributed by atoms with Crippen molar-refractivity contribution >= 4 is 51.5 Å². The smallest absolute Gasteiger partial charge is 0.198 e. The SMILES string of the molecule is NC(=Nc1ccc(CCCl)cc1)Nc1cccc(I)c1. The molecule has 0 aliphatic carbocycles. The molecule has 3 N–H and O–H groups in total. The van der Waals surface area contributed by atoms with Crippen molar-refractivity contribution in [2.75, 3.05) is 11.2 Å². The number of anilines is 1. The summed E-state index contributed by atoms with van der Waals surface area (Å²) in [5.41, 5.74) is 8.84. The largest absolute Gasteiger partial charge is 0.369 e. The number of nitrogens with one attached hydrogen (secondary N) is 1. The van der Waals surface area contributed by atoms with Gasteiger partial charge in [-0.3, -0.25) is 0 Å². The van der Waals surface area contributed by atoms with Crippen LogP contribution in [0.3, 0.4) is 0 Å². The summed E-state index contributed by atoms with van der Waals surface area (Å²) in [6.07, 6.45) is 0.863. The highest BCUT2D eigenvalue weighted by atomic mass is 127. The molecule has 0 amide bonds. The van der Waals surface area contributed by atoms with Crippen molar-refractivity contribution in [1.82, 2.24) is 0 Å². The van der Waals surface area contributed by atoms with Gasteiger partial charge in [-0.25, -0.2) is 4.99 Å². The predicted octanol–water partition coefficient (Wildman–Crippen LogP) is 4.13. The zero-order valence-electron chi connectivity index (χ0n) is 10.8. The highest BCUT2D eigenvalue weighted by Gasteiger charge is 1.97.